The number of benzene rings is 2. The molecule has 154 valence electrons. The molecule has 1 atom stereocenters. The molecular formula is C24H23FN2O3. The fourth-order valence-electron chi connectivity index (χ4n) is 3.96. The van der Waals surface area contributed by atoms with Gasteiger partial charge in [0.1, 0.15) is 11.6 Å². The number of carboxylic acid groups (broad SMARTS) is 1. The van der Waals surface area contributed by atoms with Crippen molar-refractivity contribution in [1.29, 1.82) is 0 Å². The molecule has 6 heteroatoms. The van der Waals surface area contributed by atoms with Crippen LogP contribution in [-0.2, 0) is 6.42 Å². The van der Waals surface area contributed by atoms with E-state index in [0.29, 0.717) is 18.6 Å². The summed E-state index contributed by atoms with van der Waals surface area (Å²) in [6.45, 7) is 0.615. The number of aromatic carboxylic acids is 1. The number of hydrogen-bond donors (Lipinski definition) is 1. The van der Waals surface area contributed by atoms with E-state index >= 15 is 0 Å². The first-order valence-electron chi connectivity index (χ1n) is 9.95. The predicted octanol–water partition coefficient (Wildman–Crippen LogP) is 5.19. The normalized spacial score (nSPS) is 15.2. The Balaban J connectivity index is 1.53. The van der Waals surface area contributed by atoms with Crippen molar-refractivity contribution < 1.29 is 19.0 Å². The predicted molar refractivity (Wildman–Crippen MR) is 113 cm³/mol. The van der Waals surface area contributed by atoms with Gasteiger partial charge in [0.25, 0.3) is 0 Å². The molecule has 2 aromatic carbocycles. The molecule has 1 N–H and O–H groups in total. The summed E-state index contributed by atoms with van der Waals surface area (Å²) in [5.41, 5.74) is 3.86. The number of carbonyl (C=O) groups is 1. The highest BCUT2D eigenvalue weighted by Gasteiger charge is 2.23. The summed E-state index contributed by atoms with van der Waals surface area (Å²) < 4.78 is 19.5. The Labute approximate surface area is 174 Å². The largest absolute Gasteiger partial charge is 0.493 e. The zero-order valence-corrected chi connectivity index (χ0v) is 16.7. The van der Waals surface area contributed by atoms with Crippen LogP contribution in [0.1, 0.15) is 40.2 Å². The number of aryl methyl sites for hydroxylation is 1. The molecule has 0 fully saturated rings. The van der Waals surface area contributed by atoms with Crippen molar-refractivity contribution in [3.63, 3.8) is 0 Å². The minimum absolute atomic E-state index is 0.273. The Hall–Kier alpha value is -3.41. The van der Waals surface area contributed by atoms with Crippen molar-refractivity contribution >= 4 is 17.3 Å². The summed E-state index contributed by atoms with van der Waals surface area (Å²) in [4.78, 5) is 17.4. The van der Waals surface area contributed by atoms with E-state index in [1.165, 1.54) is 18.3 Å². The van der Waals surface area contributed by atoms with Gasteiger partial charge in [-0.05, 0) is 66.6 Å². The molecule has 0 saturated heterocycles. The second-order valence-corrected chi connectivity index (χ2v) is 7.47. The van der Waals surface area contributed by atoms with Crippen LogP contribution in [0.2, 0.25) is 0 Å². The van der Waals surface area contributed by atoms with Gasteiger partial charge < -0.3 is 14.7 Å². The highest BCUT2D eigenvalue weighted by atomic mass is 19.1. The van der Waals surface area contributed by atoms with Crippen molar-refractivity contribution in [2.24, 2.45) is 0 Å². The number of halogens is 1. The number of ether oxygens (including phenoxy) is 1. The maximum absolute atomic E-state index is 13.6. The van der Waals surface area contributed by atoms with Gasteiger partial charge in [0, 0.05) is 36.9 Å². The van der Waals surface area contributed by atoms with Gasteiger partial charge >= 0.3 is 5.97 Å². The number of fused-ring (bicyclic) bond motifs is 1. The fourth-order valence-corrected chi connectivity index (χ4v) is 3.96. The molecule has 4 rings (SSSR count). The Bertz CT molecular complexity index is 1070. The van der Waals surface area contributed by atoms with E-state index in [4.69, 9.17) is 4.74 Å². The Morgan fingerprint density at radius 2 is 2.07 bits per heavy atom. The number of anilines is 2. The molecule has 0 spiro atoms. The van der Waals surface area contributed by atoms with Gasteiger partial charge in [0.15, 0.2) is 0 Å². The van der Waals surface area contributed by atoms with Gasteiger partial charge in [-0.25, -0.2) is 9.18 Å². The number of rotatable bonds is 6. The molecule has 0 aliphatic carbocycles. The van der Waals surface area contributed by atoms with E-state index in [1.807, 2.05) is 30.1 Å². The molecule has 30 heavy (non-hydrogen) atoms. The Morgan fingerprint density at radius 1 is 1.23 bits per heavy atom. The summed E-state index contributed by atoms with van der Waals surface area (Å²) in [6.07, 6.45) is 5.49. The molecule has 0 saturated carbocycles. The topological polar surface area (TPSA) is 62.7 Å². The second kappa shape index (κ2) is 8.53. The molecule has 1 aromatic heterocycles. The van der Waals surface area contributed by atoms with Crippen molar-refractivity contribution in [3.05, 3.63) is 83.4 Å². The lowest BCUT2D eigenvalue weighted by molar-refractivity contribution is 0.0695. The number of carboxylic acids is 1. The van der Waals surface area contributed by atoms with Crippen LogP contribution >= 0.6 is 0 Å². The molecule has 0 radical (unpaired) electrons. The smallest absolute Gasteiger partial charge is 0.336 e. The molecule has 2 heterocycles. The number of nitrogens with zero attached hydrogens (tertiary/aromatic N) is 2. The highest BCUT2D eigenvalue weighted by molar-refractivity contribution is 5.89. The standard InChI is InChI=1S/C24H23FN2O3/c1-27(19-4-2-3-18(25)13-19)20-7-8-21-16(10-12-30-23(21)14-20)5-6-17-15-26-11-9-22(17)24(28)29/h2-4,7-9,11,13-16H,5-6,10,12H2,1H3,(H,28,29)/t16-/m1/s1. The van der Waals surface area contributed by atoms with Crippen molar-refractivity contribution in [2.45, 2.75) is 25.2 Å². The molecule has 0 amide bonds. The fraction of sp³-hybridized carbons (Fsp3) is 0.250. The molecule has 1 aliphatic heterocycles. The quantitative estimate of drug-likeness (QED) is 0.611. The lowest BCUT2D eigenvalue weighted by Crippen LogP contribution is -2.17. The van der Waals surface area contributed by atoms with E-state index in [2.05, 4.69) is 11.1 Å². The maximum Gasteiger partial charge on any atom is 0.336 e. The summed E-state index contributed by atoms with van der Waals surface area (Å²) >= 11 is 0. The van der Waals surface area contributed by atoms with Gasteiger partial charge in [0.05, 0.1) is 12.2 Å². The minimum Gasteiger partial charge on any atom is -0.493 e. The number of pyridine rings is 1. The molecule has 0 unspecified atom stereocenters. The van der Waals surface area contributed by atoms with Crippen LogP contribution in [0.25, 0.3) is 0 Å². The first-order valence-corrected chi connectivity index (χ1v) is 9.95. The Kier molecular flexibility index (Phi) is 5.65. The summed E-state index contributed by atoms with van der Waals surface area (Å²) in [6, 6.07) is 14.1. The van der Waals surface area contributed by atoms with Crippen molar-refractivity contribution in [2.75, 3.05) is 18.6 Å². The zero-order chi connectivity index (χ0) is 21.1. The lowest BCUT2D eigenvalue weighted by Gasteiger charge is -2.28. The van der Waals surface area contributed by atoms with E-state index in [-0.39, 0.29) is 11.7 Å². The monoisotopic (exact) mass is 406 g/mol. The van der Waals surface area contributed by atoms with Crippen LogP contribution in [0.3, 0.4) is 0 Å². The molecule has 1 aliphatic rings. The van der Waals surface area contributed by atoms with E-state index < -0.39 is 5.97 Å². The van der Waals surface area contributed by atoms with Gasteiger partial charge in [0.2, 0.25) is 0 Å². The van der Waals surface area contributed by atoms with Crippen LogP contribution in [0, 0.1) is 5.82 Å². The van der Waals surface area contributed by atoms with Crippen LogP contribution in [-0.4, -0.2) is 29.7 Å². The van der Waals surface area contributed by atoms with Crippen LogP contribution in [0.5, 0.6) is 5.75 Å². The molecular weight excluding hydrogens is 383 g/mol. The summed E-state index contributed by atoms with van der Waals surface area (Å²) in [5.74, 6) is -0.0877. The van der Waals surface area contributed by atoms with Crippen LogP contribution in [0.15, 0.2) is 60.9 Å². The van der Waals surface area contributed by atoms with E-state index in [9.17, 15) is 14.3 Å². The first-order chi connectivity index (χ1) is 14.5. The SMILES string of the molecule is CN(c1cccc(F)c1)c1ccc2c(c1)OCC[C@H]2CCc1cnccc1C(=O)O. The van der Waals surface area contributed by atoms with Crippen molar-refractivity contribution in [3.8, 4) is 5.75 Å². The first kappa shape index (κ1) is 19.9. The van der Waals surface area contributed by atoms with Crippen LogP contribution in [0.4, 0.5) is 15.8 Å². The average molecular weight is 406 g/mol. The molecule has 0 bridgehead atoms. The van der Waals surface area contributed by atoms with Gasteiger partial charge in [-0.2, -0.15) is 0 Å². The minimum atomic E-state index is -0.926. The lowest BCUT2D eigenvalue weighted by atomic mass is 9.87. The van der Waals surface area contributed by atoms with Crippen molar-refractivity contribution in [1.82, 2.24) is 4.98 Å². The highest BCUT2D eigenvalue weighted by Crippen LogP contribution is 2.39. The molecule has 5 nitrogen and oxygen atoms in total. The van der Waals surface area contributed by atoms with E-state index in [1.54, 1.807) is 18.3 Å². The number of hydrogen-bond acceptors (Lipinski definition) is 4. The van der Waals surface area contributed by atoms with Crippen LogP contribution < -0.4 is 9.64 Å². The summed E-state index contributed by atoms with van der Waals surface area (Å²) in [7, 11) is 1.90. The third kappa shape index (κ3) is 4.13. The van der Waals surface area contributed by atoms with Gasteiger partial charge in [-0.3, -0.25) is 4.98 Å². The molecule has 3 aromatic rings. The van der Waals surface area contributed by atoms with Gasteiger partial charge in [-0.15, -0.1) is 0 Å². The Morgan fingerprint density at radius 3 is 2.87 bits per heavy atom. The summed E-state index contributed by atoms with van der Waals surface area (Å²) in [5, 5.41) is 9.38. The third-order valence-electron chi connectivity index (χ3n) is 5.64. The maximum atomic E-state index is 13.6. The third-order valence-corrected chi connectivity index (χ3v) is 5.64. The second-order valence-electron chi connectivity index (χ2n) is 7.47. The number of aromatic nitrogens is 1. The van der Waals surface area contributed by atoms with E-state index in [0.717, 1.165) is 41.1 Å². The zero-order valence-electron chi connectivity index (χ0n) is 16.7. The van der Waals surface area contributed by atoms with Gasteiger partial charge in [-0.1, -0.05) is 12.1 Å². The average Bonchev–Trinajstić information content (AvgIpc) is 2.76.